The summed E-state index contributed by atoms with van der Waals surface area (Å²) in [4.78, 5) is 13.7. The van der Waals surface area contributed by atoms with Crippen molar-refractivity contribution in [3.05, 3.63) is 42.6 Å². The van der Waals surface area contributed by atoms with Crippen molar-refractivity contribution < 1.29 is 13.6 Å². The highest BCUT2D eigenvalue weighted by Crippen LogP contribution is 2.22. The number of nitrogens with zero attached hydrogens (tertiary/aromatic N) is 4. The number of amides is 1. The predicted molar refractivity (Wildman–Crippen MR) is 83.8 cm³/mol. The Kier molecular flexibility index (Phi) is 4.38. The van der Waals surface area contributed by atoms with Gasteiger partial charge in [0.2, 0.25) is 16.9 Å². The normalized spacial score (nSPS) is 10.8. The van der Waals surface area contributed by atoms with Crippen LogP contribution in [0.15, 0.2) is 50.8 Å². The van der Waals surface area contributed by atoms with E-state index in [2.05, 4.69) is 10.2 Å². The van der Waals surface area contributed by atoms with Crippen LogP contribution in [0.3, 0.4) is 0 Å². The van der Waals surface area contributed by atoms with E-state index in [0.717, 1.165) is 5.76 Å². The van der Waals surface area contributed by atoms with Crippen LogP contribution in [0.4, 0.5) is 0 Å². The van der Waals surface area contributed by atoms with Crippen LogP contribution in [0, 0.1) is 0 Å². The lowest BCUT2D eigenvalue weighted by Crippen LogP contribution is -2.27. The Morgan fingerprint density at radius 1 is 1.30 bits per heavy atom. The van der Waals surface area contributed by atoms with E-state index in [9.17, 15) is 4.79 Å². The molecule has 0 aliphatic heterocycles. The van der Waals surface area contributed by atoms with E-state index in [0.29, 0.717) is 23.3 Å². The van der Waals surface area contributed by atoms with Crippen molar-refractivity contribution in [1.29, 1.82) is 0 Å². The fraction of sp³-hybridized carbons (Fsp3) is 0.214. The van der Waals surface area contributed by atoms with E-state index in [1.165, 1.54) is 22.7 Å². The van der Waals surface area contributed by atoms with Gasteiger partial charge >= 0.3 is 0 Å². The molecule has 9 heteroatoms. The number of rotatable bonds is 6. The third kappa shape index (κ3) is 3.39. The van der Waals surface area contributed by atoms with Crippen LogP contribution < -0.4 is 5.84 Å². The van der Waals surface area contributed by atoms with Crippen LogP contribution in [0.2, 0.25) is 0 Å². The maximum atomic E-state index is 12.1. The zero-order valence-electron chi connectivity index (χ0n) is 12.4. The van der Waals surface area contributed by atoms with Crippen molar-refractivity contribution in [3.63, 3.8) is 0 Å². The lowest BCUT2D eigenvalue weighted by atomic mass is 10.4. The summed E-state index contributed by atoms with van der Waals surface area (Å²) in [6.07, 6.45) is 3.11. The van der Waals surface area contributed by atoms with Gasteiger partial charge in [-0.1, -0.05) is 11.8 Å². The average Bonchev–Trinajstić information content (AvgIpc) is 3.26. The molecule has 3 aromatic heterocycles. The van der Waals surface area contributed by atoms with Crippen molar-refractivity contribution >= 4 is 17.7 Å². The van der Waals surface area contributed by atoms with Gasteiger partial charge < -0.3 is 19.6 Å². The minimum Gasteiger partial charge on any atom is -0.467 e. The summed E-state index contributed by atoms with van der Waals surface area (Å²) in [5.74, 6) is 7.74. The molecular formula is C14H15N5O3S. The molecule has 3 aromatic rings. The van der Waals surface area contributed by atoms with Gasteiger partial charge in [0.25, 0.3) is 0 Å². The topological polar surface area (TPSA) is 103 Å². The number of carbonyl (C=O) groups is 1. The third-order valence-corrected chi connectivity index (χ3v) is 4.06. The molecule has 120 valence electrons. The fourth-order valence-electron chi connectivity index (χ4n) is 1.91. The largest absolute Gasteiger partial charge is 0.467 e. The molecule has 3 rings (SSSR count). The molecule has 0 aliphatic carbocycles. The second kappa shape index (κ2) is 6.61. The predicted octanol–water partition coefficient (Wildman–Crippen LogP) is 1.60. The Labute approximate surface area is 136 Å². The molecule has 0 fully saturated rings. The number of aromatic nitrogens is 3. The molecule has 0 bridgehead atoms. The number of furan rings is 2. The number of thioether (sulfide) groups is 1. The van der Waals surface area contributed by atoms with Crippen LogP contribution in [0.1, 0.15) is 5.76 Å². The van der Waals surface area contributed by atoms with Gasteiger partial charge in [-0.05, 0) is 24.3 Å². The summed E-state index contributed by atoms with van der Waals surface area (Å²) in [6.45, 7) is 0.416. The fourth-order valence-corrected chi connectivity index (χ4v) is 2.71. The Bertz CT molecular complexity index is 767. The Balaban J connectivity index is 1.59. The summed E-state index contributed by atoms with van der Waals surface area (Å²) in [6, 6.07) is 7.09. The number of hydrogen-bond donors (Lipinski definition) is 1. The summed E-state index contributed by atoms with van der Waals surface area (Å²) >= 11 is 1.22. The standard InChI is InChI=1S/C14H15N5O3S/c1-18(8-10-4-2-6-21-10)12(20)9-23-14-17-16-13(19(14)15)11-5-3-7-22-11/h2-7H,8-9,15H2,1H3. The molecule has 8 nitrogen and oxygen atoms in total. The van der Waals surface area contributed by atoms with E-state index < -0.39 is 0 Å². The number of nitrogens with two attached hydrogens (primary N) is 1. The van der Waals surface area contributed by atoms with E-state index >= 15 is 0 Å². The number of nitrogen functional groups attached to an aromatic ring is 1. The van der Waals surface area contributed by atoms with E-state index in [1.54, 1.807) is 36.4 Å². The average molecular weight is 333 g/mol. The van der Waals surface area contributed by atoms with E-state index in [-0.39, 0.29) is 11.7 Å². The zero-order chi connectivity index (χ0) is 16.2. The molecule has 0 atom stereocenters. The first kappa shape index (κ1) is 15.2. The minimum absolute atomic E-state index is 0.0612. The minimum atomic E-state index is -0.0612. The molecular weight excluding hydrogens is 318 g/mol. The highest BCUT2D eigenvalue weighted by atomic mass is 32.2. The van der Waals surface area contributed by atoms with Gasteiger partial charge in [-0.2, -0.15) is 0 Å². The van der Waals surface area contributed by atoms with Crippen molar-refractivity contribution in [2.75, 3.05) is 18.6 Å². The van der Waals surface area contributed by atoms with Gasteiger partial charge in [0.15, 0.2) is 5.76 Å². The molecule has 0 radical (unpaired) electrons. The van der Waals surface area contributed by atoms with Gasteiger partial charge in [-0.15, -0.1) is 10.2 Å². The Hall–Kier alpha value is -2.68. The van der Waals surface area contributed by atoms with Crippen molar-refractivity contribution in [2.45, 2.75) is 11.7 Å². The Morgan fingerprint density at radius 2 is 2.09 bits per heavy atom. The quantitative estimate of drug-likeness (QED) is 0.539. The van der Waals surface area contributed by atoms with Crippen LogP contribution in [0.5, 0.6) is 0 Å². The second-order valence-corrected chi connectivity index (χ2v) is 5.71. The van der Waals surface area contributed by atoms with Crippen molar-refractivity contribution in [2.24, 2.45) is 0 Å². The van der Waals surface area contributed by atoms with E-state index in [1.807, 2.05) is 6.07 Å². The SMILES string of the molecule is CN(Cc1ccco1)C(=O)CSc1nnc(-c2ccco2)n1N. The summed E-state index contributed by atoms with van der Waals surface area (Å²) < 4.78 is 11.8. The lowest BCUT2D eigenvalue weighted by Gasteiger charge is -2.15. The van der Waals surface area contributed by atoms with Crippen LogP contribution in [-0.4, -0.2) is 38.5 Å². The highest BCUT2D eigenvalue weighted by Gasteiger charge is 2.17. The molecule has 0 saturated heterocycles. The molecule has 0 spiro atoms. The van der Waals surface area contributed by atoms with Gasteiger partial charge in [-0.25, -0.2) is 4.68 Å². The first-order valence-electron chi connectivity index (χ1n) is 6.78. The van der Waals surface area contributed by atoms with Crippen molar-refractivity contribution in [3.8, 4) is 11.6 Å². The maximum Gasteiger partial charge on any atom is 0.233 e. The van der Waals surface area contributed by atoms with Crippen LogP contribution in [-0.2, 0) is 11.3 Å². The number of carbonyl (C=O) groups excluding carboxylic acids is 1. The number of hydrogen-bond acceptors (Lipinski definition) is 7. The maximum absolute atomic E-state index is 12.1. The monoisotopic (exact) mass is 333 g/mol. The summed E-state index contributed by atoms with van der Waals surface area (Å²) in [5, 5.41) is 8.40. The van der Waals surface area contributed by atoms with Gasteiger partial charge in [-0.3, -0.25) is 4.79 Å². The zero-order valence-corrected chi connectivity index (χ0v) is 13.2. The third-order valence-electron chi connectivity index (χ3n) is 3.13. The molecule has 0 saturated carbocycles. The summed E-state index contributed by atoms with van der Waals surface area (Å²) in [7, 11) is 1.72. The molecule has 2 N–H and O–H groups in total. The first-order chi connectivity index (χ1) is 11.1. The first-order valence-corrected chi connectivity index (χ1v) is 7.77. The van der Waals surface area contributed by atoms with E-state index in [4.69, 9.17) is 14.7 Å². The summed E-state index contributed by atoms with van der Waals surface area (Å²) in [5.41, 5.74) is 0. The van der Waals surface area contributed by atoms with Gasteiger partial charge in [0.05, 0.1) is 24.8 Å². The second-order valence-electron chi connectivity index (χ2n) is 4.77. The Morgan fingerprint density at radius 3 is 2.78 bits per heavy atom. The highest BCUT2D eigenvalue weighted by molar-refractivity contribution is 7.99. The lowest BCUT2D eigenvalue weighted by molar-refractivity contribution is -0.127. The molecule has 3 heterocycles. The smallest absolute Gasteiger partial charge is 0.233 e. The van der Waals surface area contributed by atoms with Crippen LogP contribution in [0.25, 0.3) is 11.6 Å². The molecule has 0 aliphatic rings. The van der Waals surface area contributed by atoms with Crippen molar-refractivity contribution in [1.82, 2.24) is 19.8 Å². The van der Waals surface area contributed by atoms with Gasteiger partial charge in [0, 0.05) is 7.05 Å². The van der Waals surface area contributed by atoms with Gasteiger partial charge in [0.1, 0.15) is 5.76 Å². The molecule has 0 aromatic carbocycles. The molecule has 0 unspecified atom stereocenters. The molecule has 1 amide bonds. The molecule has 23 heavy (non-hydrogen) atoms. The van der Waals surface area contributed by atoms with Crippen LogP contribution >= 0.6 is 11.8 Å².